The van der Waals surface area contributed by atoms with Crippen LogP contribution in [-0.2, 0) is 10.2 Å². The van der Waals surface area contributed by atoms with E-state index in [1.54, 1.807) is 6.92 Å². The molecule has 2 aromatic rings. The van der Waals surface area contributed by atoms with Crippen LogP contribution >= 0.6 is 0 Å². The van der Waals surface area contributed by atoms with E-state index in [9.17, 15) is 4.79 Å². The molecule has 0 aliphatic carbocycles. The molecule has 1 amide bonds. The minimum absolute atomic E-state index is 0.112. The van der Waals surface area contributed by atoms with Gasteiger partial charge in [0.15, 0.2) is 0 Å². The fraction of sp³-hybridized carbons (Fsp3) is 0.438. The molecular weight excluding hydrogens is 266 g/mol. The maximum Gasteiger partial charge on any atom is 0.249 e. The largest absolute Gasteiger partial charge is 0.345 e. The summed E-state index contributed by atoms with van der Waals surface area (Å²) in [6.45, 7) is 9.77. The number of hydrogen-bond acceptors (Lipinski definition) is 4. The lowest BCUT2D eigenvalue weighted by Crippen LogP contribution is -2.23. The van der Waals surface area contributed by atoms with Crippen LogP contribution in [0, 0.1) is 0 Å². The van der Waals surface area contributed by atoms with Crippen molar-refractivity contribution in [3.05, 3.63) is 35.7 Å². The van der Waals surface area contributed by atoms with Crippen LogP contribution in [0.5, 0.6) is 0 Å². The fourth-order valence-electron chi connectivity index (χ4n) is 2.01. The van der Waals surface area contributed by atoms with Gasteiger partial charge in [0, 0.05) is 12.5 Å². The Balaban J connectivity index is 2.20. The molecule has 1 atom stereocenters. The van der Waals surface area contributed by atoms with E-state index < -0.39 is 0 Å². The molecule has 0 saturated carbocycles. The predicted molar refractivity (Wildman–Crippen MR) is 80.7 cm³/mol. The third-order valence-corrected chi connectivity index (χ3v) is 3.24. The quantitative estimate of drug-likeness (QED) is 0.941. The van der Waals surface area contributed by atoms with Crippen LogP contribution in [0.25, 0.3) is 11.4 Å². The van der Waals surface area contributed by atoms with Crippen molar-refractivity contribution in [1.82, 2.24) is 15.5 Å². The van der Waals surface area contributed by atoms with Crippen molar-refractivity contribution in [1.29, 1.82) is 0 Å². The summed E-state index contributed by atoms with van der Waals surface area (Å²) in [6, 6.07) is 7.82. The number of rotatable bonds is 3. The first-order chi connectivity index (χ1) is 9.77. The summed E-state index contributed by atoms with van der Waals surface area (Å²) >= 11 is 0. The zero-order valence-corrected chi connectivity index (χ0v) is 13.1. The van der Waals surface area contributed by atoms with E-state index in [4.69, 9.17) is 4.52 Å². The molecule has 0 aliphatic heterocycles. The van der Waals surface area contributed by atoms with E-state index in [0.29, 0.717) is 11.7 Å². The third kappa shape index (κ3) is 3.68. The summed E-state index contributed by atoms with van der Waals surface area (Å²) < 4.78 is 5.20. The van der Waals surface area contributed by atoms with Crippen LogP contribution in [0.2, 0.25) is 0 Å². The number of aromatic nitrogens is 2. The van der Waals surface area contributed by atoms with Gasteiger partial charge in [0.2, 0.25) is 17.6 Å². The topological polar surface area (TPSA) is 68.0 Å². The zero-order valence-electron chi connectivity index (χ0n) is 13.1. The Bertz CT molecular complexity index is 624. The van der Waals surface area contributed by atoms with Crippen LogP contribution in [-0.4, -0.2) is 16.0 Å². The van der Waals surface area contributed by atoms with Gasteiger partial charge in [-0.05, 0) is 17.9 Å². The number of carbonyl (C=O) groups excluding carboxylic acids is 1. The molecule has 5 heteroatoms. The van der Waals surface area contributed by atoms with E-state index >= 15 is 0 Å². The summed E-state index contributed by atoms with van der Waals surface area (Å²) in [5.74, 6) is 0.805. The molecule has 0 fully saturated rings. The fourth-order valence-corrected chi connectivity index (χ4v) is 2.01. The van der Waals surface area contributed by atoms with Gasteiger partial charge in [0.05, 0.1) is 0 Å². The molecule has 112 valence electrons. The highest BCUT2D eigenvalue weighted by atomic mass is 16.5. The second kappa shape index (κ2) is 5.68. The normalized spacial score (nSPS) is 13.0. The summed E-state index contributed by atoms with van der Waals surface area (Å²) in [5.41, 5.74) is 2.26. The summed E-state index contributed by atoms with van der Waals surface area (Å²) in [6.07, 6.45) is 0. The predicted octanol–water partition coefficient (Wildman–Crippen LogP) is 3.23. The minimum atomic E-state index is -0.294. The van der Waals surface area contributed by atoms with Gasteiger partial charge in [-0.1, -0.05) is 50.2 Å². The molecule has 1 N–H and O–H groups in total. The Morgan fingerprint density at radius 2 is 1.86 bits per heavy atom. The minimum Gasteiger partial charge on any atom is -0.345 e. The van der Waals surface area contributed by atoms with Crippen molar-refractivity contribution >= 4 is 5.91 Å². The first-order valence-electron chi connectivity index (χ1n) is 6.99. The molecule has 0 spiro atoms. The molecule has 1 aromatic heterocycles. The van der Waals surface area contributed by atoms with E-state index in [2.05, 4.69) is 48.4 Å². The van der Waals surface area contributed by atoms with Gasteiger partial charge in [-0.15, -0.1) is 0 Å². The lowest BCUT2D eigenvalue weighted by Gasteiger charge is -2.18. The first kappa shape index (κ1) is 15.2. The SMILES string of the molecule is CC(=O)N[C@H](C)c1nc(-c2ccc(C(C)(C)C)cc2)no1. The van der Waals surface area contributed by atoms with Crippen molar-refractivity contribution in [3.8, 4) is 11.4 Å². The molecule has 0 aliphatic rings. The van der Waals surface area contributed by atoms with Crippen LogP contribution in [0.1, 0.15) is 52.1 Å². The van der Waals surface area contributed by atoms with Crippen LogP contribution in [0.15, 0.2) is 28.8 Å². The maximum absolute atomic E-state index is 11.0. The highest BCUT2D eigenvalue weighted by Gasteiger charge is 2.17. The number of carbonyl (C=O) groups is 1. The standard InChI is InChI=1S/C16H21N3O2/c1-10(17-11(2)20)15-18-14(19-21-15)12-6-8-13(9-7-12)16(3,4)5/h6-10H,1-5H3,(H,17,20)/t10-/m1/s1. The lowest BCUT2D eigenvalue weighted by molar-refractivity contribution is -0.119. The molecule has 2 rings (SSSR count). The van der Waals surface area contributed by atoms with Crippen LogP contribution in [0.4, 0.5) is 0 Å². The Labute approximate surface area is 124 Å². The van der Waals surface area contributed by atoms with Crippen molar-refractivity contribution in [2.75, 3.05) is 0 Å². The highest BCUT2D eigenvalue weighted by molar-refractivity contribution is 5.73. The number of benzene rings is 1. The van der Waals surface area contributed by atoms with E-state index in [-0.39, 0.29) is 17.4 Å². The first-order valence-corrected chi connectivity index (χ1v) is 6.99. The second-order valence-electron chi connectivity index (χ2n) is 6.21. The van der Waals surface area contributed by atoms with Gasteiger partial charge in [-0.3, -0.25) is 4.79 Å². The molecule has 0 bridgehead atoms. The van der Waals surface area contributed by atoms with Crippen molar-refractivity contribution in [2.45, 2.75) is 46.1 Å². The maximum atomic E-state index is 11.0. The number of nitrogens with one attached hydrogen (secondary N) is 1. The molecule has 0 saturated heterocycles. The Kier molecular flexibility index (Phi) is 4.11. The lowest BCUT2D eigenvalue weighted by atomic mass is 9.87. The van der Waals surface area contributed by atoms with Crippen LogP contribution < -0.4 is 5.32 Å². The molecule has 1 aromatic carbocycles. The van der Waals surface area contributed by atoms with E-state index in [1.807, 2.05) is 12.1 Å². The smallest absolute Gasteiger partial charge is 0.249 e. The number of amides is 1. The van der Waals surface area contributed by atoms with E-state index in [1.165, 1.54) is 12.5 Å². The molecule has 1 heterocycles. The number of nitrogens with zero attached hydrogens (tertiary/aromatic N) is 2. The Morgan fingerprint density at radius 3 is 2.38 bits per heavy atom. The molecule has 21 heavy (non-hydrogen) atoms. The van der Waals surface area contributed by atoms with Gasteiger partial charge in [0.25, 0.3) is 0 Å². The van der Waals surface area contributed by atoms with Gasteiger partial charge in [0.1, 0.15) is 6.04 Å². The van der Waals surface area contributed by atoms with Gasteiger partial charge < -0.3 is 9.84 Å². The molecule has 5 nitrogen and oxygen atoms in total. The second-order valence-corrected chi connectivity index (χ2v) is 6.21. The van der Waals surface area contributed by atoms with Crippen LogP contribution in [0.3, 0.4) is 0 Å². The number of hydrogen-bond donors (Lipinski definition) is 1. The molecule has 0 radical (unpaired) electrons. The van der Waals surface area contributed by atoms with Gasteiger partial charge >= 0.3 is 0 Å². The molecule has 0 unspecified atom stereocenters. The van der Waals surface area contributed by atoms with Gasteiger partial charge in [-0.25, -0.2) is 0 Å². The van der Waals surface area contributed by atoms with Crippen molar-refractivity contribution in [2.24, 2.45) is 0 Å². The zero-order chi connectivity index (χ0) is 15.6. The third-order valence-electron chi connectivity index (χ3n) is 3.24. The van der Waals surface area contributed by atoms with Crippen molar-refractivity contribution < 1.29 is 9.32 Å². The summed E-state index contributed by atoms with van der Waals surface area (Å²) in [5, 5.41) is 6.69. The summed E-state index contributed by atoms with van der Waals surface area (Å²) in [7, 11) is 0. The van der Waals surface area contributed by atoms with Crippen molar-refractivity contribution in [3.63, 3.8) is 0 Å². The highest BCUT2D eigenvalue weighted by Crippen LogP contribution is 2.25. The van der Waals surface area contributed by atoms with E-state index in [0.717, 1.165) is 5.56 Å². The summed E-state index contributed by atoms with van der Waals surface area (Å²) in [4.78, 5) is 15.4. The Morgan fingerprint density at radius 1 is 1.24 bits per heavy atom. The Hall–Kier alpha value is -2.17. The molecular formula is C16H21N3O2. The van der Waals surface area contributed by atoms with Gasteiger partial charge in [-0.2, -0.15) is 4.98 Å². The monoisotopic (exact) mass is 287 g/mol. The average Bonchev–Trinajstić information content (AvgIpc) is 2.86. The average molecular weight is 287 g/mol.